The minimum absolute atomic E-state index is 0.0849. The van der Waals surface area contributed by atoms with Gasteiger partial charge in [-0.3, -0.25) is 15.8 Å². The van der Waals surface area contributed by atoms with E-state index in [2.05, 4.69) is 15.8 Å². The SMILES string of the molecule is O[C@@H]1[C@@H](OCc2ccccc2)OC[C@H]2SC(NNc3ccccc3)=N[C@@H]12. The third-order valence-corrected chi connectivity index (χ3v) is 5.46. The van der Waals surface area contributed by atoms with Crippen molar-refractivity contribution in [2.45, 2.75) is 30.3 Å². The van der Waals surface area contributed by atoms with E-state index in [4.69, 9.17) is 9.47 Å². The number of ether oxygens (including phenoxy) is 2. The van der Waals surface area contributed by atoms with Crippen molar-refractivity contribution in [1.82, 2.24) is 5.43 Å². The van der Waals surface area contributed by atoms with Crippen molar-refractivity contribution in [2.24, 2.45) is 4.99 Å². The van der Waals surface area contributed by atoms with Crippen LogP contribution in [-0.4, -0.2) is 40.6 Å². The number of nitrogens with zero attached hydrogens (tertiary/aromatic N) is 1. The largest absolute Gasteiger partial charge is 0.386 e. The Morgan fingerprint density at radius 3 is 2.58 bits per heavy atom. The van der Waals surface area contributed by atoms with Crippen LogP contribution in [-0.2, 0) is 16.1 Å². The highest BCUT2D eigenvalue weighted by Gasteiger charge is 2.44. The molecule has 136 valence electrons. The number of hydrazine groups is 1. The maximum absolute atomic E-state index is 10.6. The summed E-state index contributed by atoms with van der Waals surface area (Å²) in [4.78, 5) is 4.61. The Morgan fingerprint density at radius 2 is 1.81 bits per heavy atom. The van der Waals surface area contributed by atoms with Crippen molar-refractivity contribution < 1.29 is 14.6 Å². The van der Waals surface area contributed by atoms with Gasteiger partial charge in [0.05, 0.1) is 30.2 Å². The summed E-state index contributed by atoms with van der Waals surface area (Å²) >= 11 is 1.57. The Hall–Kier alpha value is -2.06. The average molecular weight is 371 g/mol. The number of fused-ring (bicyclic) bond motifs is 1. The Balaban J connectivity index is 1.33. The predicted molar refractivity (Wildman–Crippen MR) is 103 cm³/mol. The van der Waals surface area contributed by atoms with E-state index in [1.807, 2.05) is 60.7 Å². The van der Waals surface area contributed by atoms with Crippen molar-refractivity contribution >= 4 is 22.6 Å². The maximum atomic E-state index is 10.6. The van der Waals surface area contributed by atoms with Crippen LogP contribution in [0.4, 0.5) is 5.69 Å². The van der Waals surface area contributed by atoms with Gasteiger partial charge in [-0.05, 0) is 17.7 Å². The molecule has 6 nitrogen and oxygen atoms in total. The van der Waals surface area contributed by atoms with Crippen LogP contribution in [0.25, 0.3) is 0 Å². The number of aliphatic hydroxyl groups excluding tert-OH is 1. The number of amidine groups is 1. The normalized spacial score (nSPS) is 27.5. The minimum Gasteiger partial charge on any atom is -0.386 e. The molecule has 1 fully saturated rings. The molecule has 4 atom stereocenters. The van der Waals surface area contributed by atoms with E-state index in [-0.39, 0.29) is 11.3 Å². The maximum Gasteiger partial charge on any atom is 0.186 e. The molecule has 2 aromatic carbocycles. The molecule has 2 aromatic rings. The summed E-state index contributed by atoms with van der Waals surface area (Å²) < 4.78 is 11.5. The average Bonchev–Trinajstić information content (AvgIpc) is 3.12. The lowest BCUT2D eigenvalue weighted by Gasteiger charge is -2.34. The molecule has 0 radical (unpaired) electrons. The second-order valence-electron chi connectivity index (χ2n) is 6.19. The molecule has 2 aliphatic heterocycles. The zero-order chi connectivity index (χ0) is 17.8. The van der Waals surface area contributed by atoms with Gasteiger partial charge in [0.1, 0.15) is 6.10 Å². The second-order valence-corrected chi connectivity index (χ2v) is 7.41. The molecule has 1 saturated heterocycles. The fourth-order valence-corrected chi connectivity index (χ4v) is 4.04. The number of thioether (sulfide) groups is 1. The van der Waals surface area contributed by atoms with E-state index >= 15 is 0 Å². The number of anilines is 1. The first-order chi connectivity index (χ1) is 12.8. The molecule has 0 aliphatic carbocycles. The van der Waals surface area contributed by atoms with E-state index in [1.165, 1.54) is 0 Å². The predicted octanol–water partition coefficient (Wildman–Crippen LogP) is 2.38. The molecule has 2 heterocycles. The van der Waals surface area contributed by atoms with Crippen LogP contribution >= 0.6 is 11.8 Å². The van der Waals surface area contributed by atoms with E-state index in [9.17, 15) is 5.11 Å². The lowest BCUT2D eigenvalue weighted by atomic mass is 10.1. The van der Waals surface area contributed by atoms with E-state index in [0.29, 0.717) is 13.2 Å². The summed E-state index contributed by atoms with van der Waals surface area (Å²) in [6.45, 7) is 0.892. The first kappa shape index (κ1) is 17.4. The molecule has 0 saturated carbocycles. The second kappa shape index (κ2) is 8.09. The van der Waals surface area contributed by atoms with Crippen molar-refractivity contribution in [1.29, 1.82) is 0 Å². The van der Waals surface area contributed by atoms with Crippen molar-refractivity contribution in [3.8, 4) is 0 Å². The van der Waals surface area contributed by atoms with Crippen LogP contribution < -0.4 is 10.9 Å². The van der Waals surface area contributed by atoms with Crippen LogP contribution in [0.5, 0.6) is 0 Å². The molecule has 2 aliphatic rings. The molecule has 7 heteroatoms. The third kappa shape index (κ3) is 4.02. The Bertz CT molecular complexity index is 744. The molecule has 26 heavy (non-hydrogen) atoms. The molecule has 0 aromatic heterocycles. The van der Waals surface area contributed by atoms with Crippen molar-refractivity contribution in [2.75, 3.05) is 12.0 Å². The fourth-order valence-electron chi connectivity index (χ4n) is 2.95. The van der Waals surface area contributed by atoms with E-state index in [1.54, 1.807) is 11.8 Å². The number of aliphatic imine (C=N–C) groups is 1. The number of para-hydroxylation sites is 1. The molecular formula is C19H21N3O3S. The van der Waals surface area contributed by atoms with Gasteiger partial charge >= 0.3 is 0 Å². The Morgan fingerprint density at radius 1 is 1.08 bits per heavy atom. The third-order valence-electron chi connectivity index (χ3n) is 4.31. The molecular weight excluding hydrogens is 350 g/mol. The van der Waals surface area contributed by atoms with Gasteiger partial charge in [0.25, 0.3) is 0 Å². The molecule has 0 spiro atoms. The highest BCUT2D eigenvalue weighted by molar-refractivity contribution is 8.14. The van der Waals surface area contributed by atoms with Gasteiger partial charge in [-0.15, -0.1) is 0 Å². The fraction of sp³-hybridized carbons (Fsp3) is 0.316. The van der Waals surface area contributed by atoms with Gasteiger partial charge in [0.2, 0.25) is 0 Å². The topological polar surface area (TPSA) is 75.1 Å². The van der Waals surface area contributed by atoms with Crippen LogP contribution in [0.15, 0.2) is 65.7 Å². The Kier molecular flexibility index (Phi) is 5.40. The van der Waals surface area contributed by atoms with Gasteiger partial charge in [0.15, 0.2) is 11.5 Å². The van der Waals surface area contributed by atoms with Gasteiger partial charge in [-0.25, -0.2) is 0 Å². The van der Waals surface area contributed by atoms with Crippen molar-refractivity contribution in [3.05, 3.63) is 66.2 Å². The van der Waals surface area contributed by atoms with Gasteiger partial charge in [0, 0.05) is 0 Å². The van der Waals surface area contributed by atoms with Crippen LogP contribution in [0.3, 0.4) is 0 Å². The number of aliphatic hydroxyl groups is 1. The number of benzene rings is 2. The summed E-state index contributed by atoms with van der Waals surface area (Å²) in [5, 5.41) is 11.4. The first-order valence-corrected chi connectivity index (χ1v) is 9.44. The van der Waals surface area contributed by atoms with Crippen LogP contribution in [0.2, 0.25) is 0 Å². The number of nitrogens with one attached hydrogen (secondary N) is 2. The van der Waals surface area contributed by atoms with E-state index < -0.39 is 12.4 Å². The van der Waals surface area contributed by atoms with Crippen LogP contribution in [0, 0.1) is 0 Å². The molecule has 3 N–H and O–H groups in total. The zero-order valence-electron chi connectivity index (χ0n) is 14.1. The molecule has 4 rings (SSSR count). The quantitative estimate of drug-likeness (QED) is 0.701. The molecule has 0 amide bonds. The first-order valence-electron chi connectivity index (χ1n) is 8.56. The monoisotopic (exact) mass is 371 g/mol. The lowest BCUT2D eigenvalue weighted by Crippen LogP contribution is -2.50. The number of hydrogen-bond acceptors (Lipinski definition) is 7. The van der Waals surface area contributed by atoms with E-state index in [0.717, 1.165) is 16.4 Å². The minimum atomic E-state index is -0.791. The van der Waals surface area contributed by atoms with Gasteiger partial charge < -0.3 is 14.6 Å². The summed E-state index contributed by atoms with van der Waals surface area (Å²) in [6.07, 6.45) is -1.46. The zero-order valence-corrected chi connectivity index (χ0v) is 14.9. The number of hydrogen-bond donors (Lipinski definition) is 3. The summed E-state index contributed by atoms with van der Waals surface area (Å²) in [5.41, 5.74) is 8.21. The summed E-state index contributed by atoms with van der Waals surface area (Å²) in [5.74, 6) is 0. The summed E-state index contributed by atoms with van der Waals surface area (Å²) in [6, 6.07) is 19.4. The smallest absolute Gasteiger partial charge is 0.186 e. The van der Waals surface area contributed by atoms with Gasteiger partial charge in [-0.1, -0.05) is 60.3 Å². The lowest BCUT2D eigenvalue weighted by molar-refractivity contribution is -0.222. The highest BCUT2D eigenvalue weighted by atomic mass is 32.2. The highest BCUT2D eigenvalue weighted by Crippen LogP contribution is 2.34. The summed E-state index contributed by atoms with van der Waals surface area (Å²) in [7, 11) is 0. The van der Waals surface area contributed by atoms with Gasteiger partial charge in [-0.2, -0.15) is 0 Å². The van der Waals surface area contributed by atoms with Crippen LogP contribution in [0.1, 0.15) is 5.56 Å². The molecule has 0 unspecified atom stereocenters. The molecule has 0 bridgehead atoms. The Labute approximate surface area is 156 Å². The van der Waals surface area contributed by atoms with Crippen molar-refractivity contribution in [3.63, 3.8) is 0 Å². The number of rotatable bonds is 5. The standard InChI is InChI=1S/C19H21N3O3S/c23-17-16-15(12-25-18(17)24-11-13-7-3-1-4-8-13)26-19(20-16)22-21-14-9-5-2-6-10-14/h1-10,15-18,21,23H,11-12H2,(H,20,22)/t15-,16-,17+,18+/m1/s1.